The van der Waals surface area contributed by atoms with E-state index in [0.717, 1.165) is 23.0 Å². The second-order valence-electron chi connectivity index (χ2n) is 7.27. The lowest BCUT2D eigenvalue weighted by atomic mass is 10.1. The molecule has 2 N–H and O–H groups in total. The zero-order chi connectivity index (χ0) is 20.9. The third-order valence-corrected chi connectivity index (χ3v) is 4.91. The summed E-state index contributed by atoms with van der Waals surface area (Å²) < 4.78 is 2.19. The first-order valence-electron chi connectivity index (χ1n) is 9.87. The van der Waals surface area contributed by atoms with Crippen LogP contribution in [0.15, 0.2) is 85.1 Å². The number of anilines is 2. The topological polar surface area (TPSA) is 63.1 Å². The number of benzene rings is 3. The number of nitrogens with one attached hydrogen (secondary N) is 2. The van der Waals surface area contributed by atoms with Gasteiger partial charge in [0.1, 0.15) is 0 Å². The summed E-state index contributed by atoms with van der Waals surface area (Å²) in [6.07, 6.45) is 2.35. The van der Waals surface area contributed by atoms with Crippen molar-refractivity contribution in [3.63, 3.8) is 0 Å². The molecule has 0 aliphatic rings. The van der Waals surface area contributed by atoms with E-state index < -0.39 is 0 Å². The molecule has 4 rings (SSSR count). The molecule has 0 spiro atoms. The molecule has 0 aliphatic heterocycles. The standard InChI is InChI=1S/C25H23N3O2/c1-18(29)26-21-11-13-22(14-12-21)27-25(30)15-20-17-28(16-19-7-3-2-4-8-19)24-10-6-5-9-23(20)24/h2-14,17H,15-16H2,1H3,(H,26,29)(H,27,30). The molecule has 0 radical (unpaired) electrons. The van der Waals surface area contributed by atoms with Crippen LogP contribution < -0.4 is 10.6 Å². The van der Waals surface area contributed by atoms with Gasteiger partial charge in [0, 0.05) is 41.9 Å². The van der Waals surface area contributed by atoms with E-state index in [1.54, 1.807) is 24.3 Å². The van der Waals surface area contributed by atoms with Gasteiger partial charge in [-0.3, -0.25) is 9.59 Å². The second kappa shape index (κ2) is 8.66. The first kappa shape index (κ1) is 19.5. The molecular weight excluding hydrogens is 374 g/mol. The smallest absolute Gasteiger partial charge is 0.228 e. The zero-order valence-electron chi connectivity index (χ0n) is 16.8. The Morgan fingerprint density at radius 1 is 0.800 bits per heavy atom. The van der Waals surface area contributed by atoms with Crippen LogP contribution in [-0.4, -0.2) is 16.4 Å². The van der Waals surface area contributed by atoms with E-state index in [-0.39, 0.29) is 18.2 Å². The number of nitrogens with zero attached hydrogens (tertiary/aromatic N) is 1. The Hall–Kier alpha value is -3.86. The van der Waals surface area contributed by atoms with Crippen molar-refractivity contribution >= 4 is 34.1 Å². The summed E-state index contributed by atoms with van der Waals surface area (Å²) in [6.45, 7) is 2.22. The van der Waals surface area contributed by atoms with Crippen LogP contribution in [0.2, 0.25) is 0 Å². The first-order chi connectivity index (χ1) is 14.6. The minimum absolute atomic E-state index is 0.0788. The molecule has 4 aromatic rings. The predicted molar refractivity (Wildman–Crippen MR) is 121 cm³/mol. The maximum absolute atomic E-state index is 12.7. The molecule has 150 valence electrons. The van der Waals surface area contributed by atoms with Gasteiger partial charge in [-0.05, 0) is 41.5 Å². The van der Waals surface area contributed by atoms with Gasteiger partial charge >= 0.3 is 0 Å². The molecule has 3 aromatic carbocycles. The fraction of sp³-hybridized carbons (Fsp3) is 0.120. The van der Waals surface area contributed by atoms with Gasteiger partial charge in [0.15, 0.2) is 0 Å². The highest BCUT2D eigenvalue weighted by Crippen LogP contribution is 2.23. The van der Waals surface area contributed by atoms with E-state index >= 15 is 0 Å². The van der Waals surface area contributed by atoms with E-state index in [0.29, 0.717) is 11.4 Å². The Bertz CT molecular complexity index is 1180. The molecule has 5 heteroatoms. The number of fused-ring (bicyclic) bond motifs is 1. The molecule has 0 saturated heterocycles. The Balaban J connectivity index is 1.50. The highest BCUT2D eigenvalue weighted by molar-refractivity contribution is 5.96. The van der Waals surface area contributed by atoms with E-state index in [1.807, 2.05) is 30.3 Å². The normalized spacial score (nSPS) is 10.7. The van der Waals surface area contributed by atoms with Gasteiger partial charge in [-0.2, -0.15) is 0 Å². The van der Waals surface area contributed by atoms with Crippen LogP contribution in [-0.2, 0) is 22.6 Å². The van der Waals surface area contributed by atoms with Crippen molar-refractivity contribution in [2.24, 2.45) is 0 Å². The van der Waals surface area contributed by atoms with Crippen molar-refractivity contribution in [1.82, 2.24) is 4.57 Å². The van der Waals surface area contributed by atoms with Crippen LogP contribution in [0.25, 0.3) is 10.9 Å². The van der Waals surface area contributed by atoms with Crippen LogP contribution in [0.3, 0.4) is 0 Å². The van der Waals surface area contributed by atoms with Crippen molar-refractivity contribution in [2.45, 2.75) is 19.9 Å². The van der Waals surface area contributed by atoms with E-state index in [2.05, 4.69) is 45.7 Å². The molecule has 30 heavy (non-hydrogen) atoms. The number of carbonyl (C=O) groups is 2. The number of carbonyl (C=O) groups excluding carboxylic acids is 2. The van der Waals surface area contributed by atoms with Gasteiger partial charge in [0.05, 0.1) is 6.42 Å². The van der Waals surface area contributed by atoms with E-state index in [4.69, 9.17) is 0 Å². The van der Waals surface area contributed by atoms with Gasteiger partial charge in [-0.1, -0.05) is 48.5 Å². The minimum atomic E-state index is -0.126. The van der Waals surface area contributed by atoms with Crippen molar-refractivity contribution in [1.29, 1.82) is 0 Å². The lowest BCUT2D eigenvalue weighted by Gasteiger charge is -2.07. The Morgan fingerprint density at radius 2 is 1.43 bits per heavy atom. The molecule has 0 aliphatic carbocycles. The van der Waals surface area contributed by atoms with Gasteiger partial charge in [0.2, 0.25) is 11.8 Å². The minimum Gasteiger partial charge on any atom is -0.343 e. The molecule has 0 saturated carbocycles. The summed E-state index contributed by atoms with van der Waals surface area (Å²) in [6, 6.07) is 25.5. The van der Waals surface area contributed by atoms with Gasteiger partial charge < -0.3 is 15.2 Å². The number of para-hydroxylation sites is 1. The number of hydrogen-bond donors (Lipinski definition) is 2. The van der Waals surface area contributed by atoms with Gasteiger partial charge in [0.25, 0.3) is 0 Å². The van der Waals surface area contributed by atoms with Crippen molar-refractivity contribution in [2.75, 3.05) is 10.6 Å². The van der Waals surface area contributed by atoms with Crippen LogP contribution in [0, 0.1) is 0 Å². The highest BCUT2D eigenvalue weighted by atomic mass is 16.2. The van der Waals surface area contributed by atoms with Crippen LogP contribution >= 0.6 is 0 Å². The lowest BCUT2D eigenvalue weighted by Crippen LogP contribution is -2.14. The molecule has 0 atom stereocenters. The van der Waals surface area contributed by atoms with Crippen molar-refractivity contribution in [3.05, 3.63) is 96.2 Å². The fourth-order valence-corrected chi connectivity index (χ4v) is 3.59. The van der Waals surface area contributed by atoms with Gasteiger partial charge in [-0.25, -0.2) is 0 Å². The highest BCUT2D eigenvalue weighted by Gasteiger charge is 2.12. The maximum atomic E-state index is 12.7. The Morgan fingerprint density at radius 3 is 2.13 bits per heavy atom. The molecule has 5 nitrogen and oxygen atoms in total. The molecular formula is C25H23N3O2. The molecule has 0 unspecified atom stereocenters. The summed E-state index contributed by atoms with van der Waals surface area (Å²) in [5.41, 5.74) is 4.72. The molecule has 2 amide bonds. The van der Waals surface area contributed by atoms with E-state index in [1.165, 1.54) is 12.5 Å². The van der Waals surface area contributed by atoms with Crippen molar-refractivity contribution in [3.8, 4) is 0 Å². The monoisotopic (exact) mass is 397 g/mol. The van der Waals surface area contributed by atoms with Crippen molar-refractivity contribution < 1.29 is 9.59 Å². The lowest BCUT2D eigenvalue weighted by molar-refractivity contribution is -0.116. The summed E-state index contributed by atoms with van der Waals surface area (Å²) in [4.78, 5) is 23.8. The van der Waals surface area contributed by atoms with Crippen LogP contribution in [0.1, 0.15) is 18.1 Å². The van der Waals surface area contributed by atoms with Crippen LogP contribution in [0.5, 0.6) is 0 Å². The fourth-order valence-electron chi connectivity index (χ4n) is 3.59. The zero-order valence-corrected chi connectivity index (χ0v) is 16.8. The third-order valence-electron chi connectivity index (χ3n) is 4.91. The summed E-state index contributed by atoms with van der Waals surface area (Å²) in [7, 11) is 0. The average Bonchev–Trinajstić information content (AvgIpc) is 3.07. The second-order valence-corrected chi connectivity index (χ2v) is 7.27. The predicted octanol–water partition coefficient (Wildman–Crippen LogP) is 4.83. The summed E-state index contributed by atoms with van der Waals surface area (Å²) in [5.74, 6) is -0.205. The summed E-state index contributed by atoms with van der Waals surface area (Å²) in [5, 5.41) is 6.73. The van der Waals surface area contributed by atoms with E-state index in [9.17, 15) is 9.59 Å². The average molecular weight is 397 g/mol. The van der Waals surface area contributed by atoms with Crippen LogP contribution in [0.4, 0.5) is 11.4 Å². The third kappa shape index (κ3) is 4.58. The SMILES string of the molecule is CC(=O)Nc1ccc(NC(=O)Cc2cn(Cc3ccccc3)c3ccccc23)cc1. The molecule has 0 fully saturated rings. The molecule has 1 aromatic heterocycles. The Labute approximate surface area is 175 Å². The largest absolute Gasteiger partial charge is 0.343 e. The number of amides is 2. The van der Waals surface area contributed by atoms with Gasteiger partial charge in [-0.15, -0.1) is 0 Å². The number of aromatic nitrogens is 1. The quantitative estimate of drug-likeness (QED) is 0.489. The first-order valence-corrected chi connectivity index (χ1v) is 9.87. The molecule has 0 bridgehead atoms. The Kier molecular flexibility index (Phi) is 5.61. The molecule has 1 heterocycles. The summed E-state index contributed by atoms with van der Waals surface area (Å²) >= 11 is 0. The number of rotatable bonds is 6. The maximum Gasteiger partial charge on any atom is 0.228 e. The number of hydrogen-bond acceptors (Lipinski definition) is 2.